The Kier molecular flexibility index (Phi) is 4.17. The van der Waals surface area contributed by atoms with Gasteiger partial charge in [0.05, 0.1) is 0 Å². The monoisotopic (exact) mass is 196 g/mol. The Labute approximate surface area is 84.8 Å². The highest BCUT2D eigenvalue weighted by Gasteiger charge is 2.13. The van der Waals surface area contributed by atoms with Gasteiger partial charge in [-0.2, -0.15) is 0 Å². The van der Waals surface area contributed by atoms with Gasteiger partial charge < -0.3 is 0 Å². The molecule has 0 aromatic carbocycles. The zero-order chi connectivity index (χ0) is 10.7. The molecule has 0 aliphatic carbocycles. The molecule has 0 saturated heterocycles. The van der Waals surface area contributed by atoms with Crippen molar-refractivity contribution >= 4 is 8.07 Å². The summed E-state index contributed by atoms with van der Waals surface area (Å²) in [7, 11) is -0.911. The fourth-order valence-electron chi connectivity index (χ4n) is 0.805. The first kappa shape index (κ1) is 12.7. The van der Waals surface area contributed by atoms with Crippen molar-refractivity contribution in [3.63, 3.8) is 0 Å². The van der Waals surface area contributed by atoms with Gasteiger partial charge in [-0.1, -0.05) is 64.7 Å². The molecule has 0 fully saturated rings. The van der Waals surface area contributed by atoms with Crippen LogP contribution in [0, 0.1) is 5.41 Å². The molecule has 0 spiro atoms. The maximum atomic E-state index is 4.07. The van der Waals surface area contributed by atoms with Crippen LogP contribution < -0.4 is 0 Å². The summed E-state index contributed by atoms with van der Waals surface area (Å²) in [6, 6.07) is 1.25. The summed E-state index contributed by atoms with van der Waals surface area (Å²) in [5.41, 5.74) is 1.45. The average Bonchev–Trinajstić information content (AvgIpc) is 1.82. The fraction of sp³-hybridized carbons (Fsp3) is 0.667. The second kappa shape index (κ2) is 4.27. The van der Waals surface area contributed by atoms with Crippen molar-refractivity contribution in [2.24, 2.45) is 5.41 Å². The van der Waals surface area contributed by atoms with E-state index in [-0.39, 0.29) is 5.41 Å². The maximum absolute atomic E-state index is 4.07. The molecule has 0 aliphatic rings. The molecule has 0 bridgehead atoms. The second-order valence-electron chi connectivity index (χ2n) is 5.94. The molecule has 0 saturated carbocycles. The van der Waals surface area contributed by atoms with Crippen LogP contribution >= 0.6 is 0 Å². The average molecular weight is 196 g/mol. The number of hydrogen-bond donors (Lipinski definition) is 0. The minimum Gasteiger partial charge on any atom is -0.0953 e. The van der Waals surface area contributed by atoms with Crippen molar-refractivity contribution in [3.05, 3.63) is 24.3 Å². The molecule has 0 rings (SSSR count). The minimum atomic E-state index is -0.911. The van der Waals surface area contributed by atoms with E-state index >= 15 is 0 Å². The summed E-state index contributed by atoms with van der Waals surface area (Å²) >= 11 is 0. The van der Waals surface area contributed by atoms with Crippen LogP contribution in [-0.4, -0.2) is 8.07 Å². The summed E-state index contributed by atoms with van der Waals surface area (Å²) < 4.78 is 0. The molecule has 0 atom stereocenters. The maximum Gasteiger partial charge on any atom is 0.0480 e. The predicted octanol–water partition coefficient (Wildman–Crippen LogP) is 4.48. The summed E-state index contributed by atoms with van der Waals surface area (Å²) in [4.78, 5) is 0. The van der Waals surface area contributed by atoms with Gasteiger partial charge in [0, 0.05) is 8.07 Å². The van der Waals surface area contributed by atoms with E-state index < -0.39 is 8.07 Å². The van der Waals surface area contributed by atoms with Crippen LogP contribution in [0.5, 0.6) is 0 Å². The highest BCUT2D eigenvalue weighted by atomic mass is 28.3. The van der Waals surface area contributed by atoms with Gasteiger partial charge in [-0.05, 0) is 11.5 Å². The van der Waals surface area contributed by atoms with Crippen molar-refractivity contribution in [2.75, 3.05) is 0 Å². The molecule has 0 aromatic rings. The van der Waals surface area contributed by atoms with Crippen molar-refractivity contribution in [2.45, 2.75) is 46.5 Å². The molecule has 0 heterocycles. The van der Waals surface area contributed by atoms with Gasteiger partial charge >= 0.3 is 0 Å². The van der Waals surface area contributed by atoms with Gasteiger partial charge in [-0.15, -0.1) is 0 Å². The Hall–Kier alpha value is -0.303. The Balaban J connectivity index is 4.09. The summed E-state index contributed by atoms with van der Waals surface area (Å²) in [5, 5.41) is 0. The SMILES string of the molecule is C=C(/C=C/C[Si](C)(C)C)C(C)(C)C. The molecule has 1 heteroatoms. The lowest BCUT2D eigenvalue weighted by atomic mass is 9.87. The van der Waals surface area contributed by atoms with Gasteiger partial charge in [0.25, 0.3) is 0 Å². The van der Waals surface area contributed by atoms with Crippen LogP contribution in [0.2, 0.25) is 25.7 Å². The van der Waals surface area contributed by atoms with Crippen LogP contribution in [0.3, 0.4) is 0 Å². The molecule has 0 aromatic heterocycles. The summed E-state index contributed by atoms with van der Waals surface area (Å²) in [5.74, 6) is 0. The topological polar surface area (TPSA) is 0 Å². The van der Waals surface area contributed by atoms with Gasteiger partial charge in [0.15, 0.2) is 0 Å². The number of hydrogen-bond acceptors (Lipinski definition) is 0. The van der Waals surface area contributed by atoms with Gasteiger partial charge in [0.2, 0.25) is 0 Å². The molecule has 0 amide bonds. The largest absolute Gasteiger partial charge is 0.0953 e. The van der Waals surface area contributed by atoms with Crippen molar-refractivity contribution < 1.29 is 0 Å². The van der Waals surface area contributed by atoms with Crippen molar-refractivity contribution in [1.82, 2.24) is 0 Å². The van der Waals surface area contributed by atoms with Gasteiger partial charge in [-0.3, -0.25) is 0 Å². The highest BCUT2D eigenvalue weighted by Crippen LogP contribution is 2.24. The smallest absolute Gasteiger partial charge is 0.0480 e. The first-order valence-corrected chi connectivity index (χ1v) is 8.69. The first-order valence-electron chi connectivity index (χ1n) is 4.99. The Morgan fingerprint density at radius 3 is 2.00 bits per heavy atom. The van der Waals surface area contributed by atoms with Crippen molar-refractivity contribution in [1.29, 1.82) is 0 Å². The molecular formula is C12H24Si. The van der Waals surface area contributed by atoms with E-state index in [0.717, 1.165) is 0 Å². The third kappa shape index (κ3) is 6.82. The quantitative estimate of drug-likeness (QED) is 0.461. The van der Waals surface area contributed by atoms with Gasteiger partial charge in [-0.25, -0.2) is 0 Å². The molecular weight excluding hydrogens is 172 g/mol. The normalized spacial score (nSPS) is 13.7. The van der Waals surface area contributed by atoms with E-state index in [1.807, 2.05) is 0 Å². The summed E-state index contributed by atoms with van der Waals surface area (Å²) in [6.45, 7) is 17.8. The lowest BCUT2D eigenvalue weighted by Gasteiger charge is -2.19. The molecule has 0 aliphatic heterocycles. The molecule has 0 radical (unpaired) electrons. The highest BCUT2D eigenvalue weighted by molar-refractivity contribution is 6.76. The van der Waals surface area contributed by atoms with Crippen LogP contribution in [-0.2, 0) is 0 Å². The zero-order valence-corrected chi connectivity index (χ0v) is 11.1. The van der Waals surface area contributed by atoms with E-state index in [1.165, 1.54) is 11.6 Å². The lowest BCUT2D eigenvalue weighted by Crippen LogP contribution is -2.17. The van der Waals surface area contributed by atoms with E-state index in [0.29, 0.717) is 0 Å². The third-order valence-corrected chi connectivity index (χ3v) is 3.47. The first-order chi connectivity index (χ1) is 5.63. The number of allylic oxidation sites excluding steroid dienone is 3. The lowest BCUT2D eigenvalue weighted by molar-refractivity contribution is 0.519. The van der Waals surface area contributed by atoms with E-state index in [9.17, 15) is 0 Å². The van der Waals surface area contributed by atoms with Crippen LogP contribution in [0.4, 0.5) is 0 Å². The zero-order valence-electron chi connectivity index (χ0n) is 10.1. The fourth-order valence-corrected chi connectivity index (χ4v) is 1.63. The third-order valence-electron chi connectivity index (χ3n) is 2.01. The molecule has 0 nitrogen and oxygen atoms in total. The molecule has 0 unspecified atom stereocenters. The minimum absolute atomic E-state index is 0.218. The Morgan fingerprint density at radius 1 is 1.23 bits per heavy atom. The number of rotatable bonds is 3. The molecule has 76 valence electrons. The van der Waals surface area contributed by atoms with Crippen LogP contribution in [0.1, 0.15) is 20.8 Å². The van der Waals surface area contributed by atoms with Gasteiger partial charge in [0.1, 0.15) is 0 Å². The van der Waals surface area contributed by atoms with E-state index in [1.54, 1.807) is 0 Å². The second-order valence-corrected chi connectivity index (χ2v) is 11.5. The molecule has 13 heavy (non-hydrogen) atoms. The molecule has 0 N–H and O–H groups in total. The standard InChI is InChI=1S/C12H24Si/c1-11(12(2,3)4)9-8-10-13(5,6)7/h8-9H,1,10H2,2-7H3/b9-8+. The van der Waals surface area contributed by atoms with Crippen LogP contribution in [0.25, 0.3) is 0 Å². The van der Waals surface area contributed by atoms with Crippen molar-refractivity contribution in [3.8, 4) is 0 Å². The Bertz CT molecular complexity index is 198. The van der Waals surface area contributed by atoms with E-state index in [2.05, 4.69) is 59.1 Å². The Morgan fingerprint density at radius 2 is 1.69 bits per heavy atom. The summed E-state index contributed by atoms with van der Waals surface area (Å²) in [6.07, 6.45) is 4.48. The predicted molar refractivity (Wildman–Crippen MR) is 65.9 cm³/mol. The van der Waals surface area contributed by atoms with E-state index in [4.69, 9.17) is 0 Å². The van der Waals surface area contributed by atoms with Crippen LogP contribution in [0.15, 0.2) is 24.3 Å².